The molecule has 2 atom stereocenters. The van der Waals surface area contributed by atoms with Crippen LogP contribution in [0.15, 0.2) is 72.8 Å². The first-order valence-electron chi connectivity index (χ1n) is 13.4. The zero-order valence-electron chi connectivity index (χ0n) is 22.9. The van der Waals surface area contributed by atoms with Crippen molar-refractivity contribution in [3.63, 3.8) is 0 Å². The number of rotatable bonds is 14. The van der Waals surface area contributed by atoms with Gasteiger partial charge in [-0.3, -0.25) is 14.4 Å². The minimum Gasteiger partial charge on any atom is -0.494 e. The van der Waals surface area contributed by atoms with Gasteiger partial charge in [0.1, 0.15) is 17.8 Å². The fourth-order valence-corrected chi connectivity index (χ4v) is 4.40. The molecule has 9 heteroatoms. The van der Waals surface area contributed by atoms with Gasteiger partial charge >= 0.3 is 0 Å². The first-order chi connectivity index (χ1) is 19.3. The number of benzene rings is 3. The number of carbonyl (C=O) groups is 3. The van der Waals surface area contributed by atoms with Gasteiger partial charge in [0.05, 0.1) is 6.61 Å². The Kier molecular flexibility index (Phi) is 12.0. The summed E-state index contributed by atoms with van der Waals surface area (Å²) in [6.07, 6.45) is 0.757. The number of nitrogens with one attached hydrogen (secondary N) is 3. The van der Waals surface area contributed by atoms with Crippen molar-refractivity contribution < 1.29 is 19.1 Å². The monoisotopic (exact) mass is 564 g/mol. The zero-order chi connectivity index (χ0) is 28.9. The van der Waals surface area contributed by atoms with E-state index in [4.69, 9.17) is 22.1 Å². The summed E-state index contributed by atoms with van der Waals surface area (Å²) in [7, 11) is 0. The summed E-state index contributed by atoms with van der Waals surface area (Å²) in [5.74, 6) is -0.345. The molecule has 5 N–H and O–H groups in total. The molecule has 8 nitrogen and oxygen atoms in total. The van der Waals surface area contributed by atoms with Crippen molar-refractivity contribution in [3.8, 4) is 5.75 Å². The molecule has 3 amide bonds. The molecule has 0 aromatic heterocycles. The van der Waals surface area contributed by atoms with E-state index in [2.05, 4.69) is 16.0 Å². The van der Waals surface area contributed by atoms with E-state index >= 15 is 0 Å². The van der Waals surface area contributed by atoms with Crippen LogP contribution < -0.4 is 26.4 Å². The van der Waals surface area contributed by atoms with Gasteiger partial charge in [-0.1, -0.05) is 73.1 Å². The topological polar surface area (TPSA) is 123 Å². The maximum Gasteiger partial charge on any atom is 0.243 e. The van der Waals surface area contributed by atoms with Crippen LogP contribution in [0.4, 0.5) is 0 Å². The van der Waals surface area contributed by atoms with Gasteiger partial charge in [-0.2, -0.15) is 0 Å². The zero-order valence-corrected chi connectivity index (χ0v) is 23.7. The number of amides is 3. The second-order valence-electron chi connectivity index (χ2n) is 9.35. The van der Waals surface area contributed by atoms with Gasteiger partial charge in [0.2, 0.25) is 17.7 Å². The van der Waals surface area contributed by atoms with Gasteiger partial charge < -0.3 is 26.4 Å². The summed E-state index contributed by atoms with van der Waals surface area (Å²) in [6, 6.07) is 20.5. The normalized spacial score (nSPS) is 12.2. The molecule has 0 aliphatic carbocycles. The maximum absolute atomic E-state index is 13.5. The molecule has 0 saturated carbocycles. The highest BCUT2D eigenvalue weighted by Gasteiger charge is 2.27. The fraction of sp³-hybridized carbons (Fsp3) is 0.323. The van der Waals surface area contributed by atoms with Crippen molar-refractivity contribution in [2.75, 3.05) is 6.61 Å². The van der Waals surface area contributed by atoms with Crippen molar-refractivity contribution in [2.24, 2.45) is 5.73 Å². The lowest BCUT2D eigenvalue weighted by molar-refractivity contribution is -0.132. The standard InChI is InChI=1S/C31H37ClN4O4/c1-3-29(37)35-28(18-22-11-14-25(15-12-22)40-4-2)31(39)36-27(17-21-8-6-5-7-9-21)30(38)34-20-24-13-10-23(19-33)16-26(24)32/h5-16,27-28H,3-4,17-20,33H2,1-2H3,(H,34,38)(H,35,37)(H,36,39). The molecule has 2 unspecified atom stereocenters. The Bertz CT molecular complexity index is 1270. The van der Waals surface area contributed by atoms with E-state index in [1.807, 2.05) is 73.7 Å². The maximum atomic E-state index is 13.5. The number of ether oxygens (including phenoxy) is 1. The molecule has 3 rings (SSSR count). The summed E-state index contributed by atoms with van der Waals surface area (Å²) in [6.45, 7) is 4.73. The van der Waals surface area contributed by atoms with Gasteiger partial charge in [0.25, 0.3) is 0 Å². The fourth-order valence-electron chi connectivity index (χ4n) is 4.13. The van der Waals surface area contributed by atoms with Crippen LogP contribution in [0.3, 0.4) is 0 Å². The van der Waals surface area contributed by atoms with Gasteiger partial charge in [-0.15, -0.1) is 0 Å². The van der Waals surface area contributed by atoms with E-state index in [0.29, 0.717) is 18.2 Å². The van der Waals surface area contributed by atoms with E-state index < -0.39 is 18.0 Å². The summed E-state index contributed by atoms with van der Waals surface area (Å²) < 4.78 is 5.50. The number of hydrogen-bond donors (Lipinski definition) is 4. The summed E-state index contributed by atoms with van der Waals surface area (Å²) in [5.41, 5.74) is 9.04. The highest BCUT2D eigenvalue weighted by molar-refractivity contribution is 6.31. The summed E-state index contributed by atoms with van der Waals surface area (Å²) in [4.78, 5) is 39.2. The largest absolute Gasteiger partial charge is 0.494 e. The molecule has 0 radical (unpaired) electrons. The third-order valence-corrected chi connectivity index (χ3v) is 6.72. The summed E-state index contributed by atoms with van der Waals surface area (Å²) >= 11 is 6.37. The van der Waals surface area contributed by atoms with Crippen molar-refractivity contribution >= 4 is 29.3 Å². The first-order valence-corrected chi connectivity index (χ1v) is 13.8. The van der Waals surface area contributed by atoms with Crippen molar-refractivity contribution in [1.29, 1.82) is 0 Å². The van der Waals surface area contributed by atoms with E-state index in [9.17, 15) is 14.4 Å². The third-order valence-electron chi connectivity index (χ3n) is 6.37. The highest BCUT2D eigenvalue weighted by Crippen LogP contribution is 2.18. The predicted molar refractivity (Wildman–Crippen MR) is 157 cm³/mol. The molecule has 40 heavy (non-hydrogen) atoms. The van der Waals surface area contributed by atoms with Gasteiger partial charge in [0, 0.05) is 37.4 Å². The summed E-state index contributed by atoms with van der Waals surface area (Å²) in [5, 5.41) is 9.07. The first kappa shape index (κ1) is 30.7. The quantitative estimate of drug-likeness (QED) is 0.238. The number of hydrogen-bond acceptors (Lipinski definition) is 5. The Labute approximate surface area is 240 Å². The molecule has 0 fully saturated rings. The molecular weight excluding hydrogens is 528 g/mol. The highest BCUT2D eigenvalue weighted by atomic mass is 35.5. The average Bonchev–Trinajstić information content (AvgIpc) is 2.97. The van der Waals surface area contributed by atoms with E-state index in [-0.39, 0.29) is 37.6 Å². The lowest BCUT2D eigenvalue weighted by Gasteiger charge is -2.24. The second kappa shape index (κ2) is 15.6. The average molecular weight is 565 g/mol. The van der Waals surface area contributed by atoms with Crippen LogP contribution in [-0.4, -0.2) is 36.4 Å². The molecule has 212 valence electrons. The van der Waals surface area contributed by atoms with E-state index in [0.717, 1.165) is 28.0 Å². The van der Waals surface area contributed by atoms with Crippen LogP contribution >= 0.6 is 11.6 Å². The van der Waals surface area contributed by atoms with Crippen molar-refractivity contribution in [3.05, 3.63) is 100 Å². The van der Waals surface area contributed by atoms with Gasteiger partial charge in [0.15, 0.2) is 0 Å². The minimum absolute atomic E-state index is 0.186. The molecule has 0 heterocycles. The Hall–Kier alpha value is -3.88. The lowest BCUT2D eigenvalue weighted by atomic mass is 10.0. The van der Waals surface area contributed by atoms with Crippen molar-refractivity contribution in [1.82, 2.24) is 16.0 Å². The SMILES string of the molecule is CCOc1ccc(CC(NC(=O)CC)C(=O)NC(Cc2ccccc2)C(=O)NCc2ccc(CN)cc2Cl)cc1. The Morgan fingerprint density at radius 1 is 0.825 bits per heavy atom. The van der Waals surface area contributed by atoms with Gasteiger partial charge in [-0.05, 0) is 47.4 Å². The Morgan fingerprint density at radius 3 is 2.05 bits per heavy atom. The minimum atomic E-state index is -0.877. The second-order valence-corrected chi connectivity index (χ2v) is 9.76. The molecule has 0 aliphatic heterocycles. The number of halogens is 1. The predicted octanol–water partition coefficient (Wildman–Crippen LogP) is 3.68. The molecule has 3 aromatic rings. The number of carbonyl (C=O) groups excluding carboxylic acids is 3. The lowest BCUT2D eigenvalue weighted by Crippen LogP contribution is -2.55. The van der Waals surface area contributed by atoms with Crippen LogP contribution in [0.25, 0.3) is 0 Å². The Balaban J connectivity index is 1.77. The molecular formula is C31H37ClN4O4. The smallest absolute Gasteiger partial charge is 0.243 e. The molecule has 0 bridgehead atoms. The number of nitrogens with two attached hydrogens (primary N) is 1. The van der Waals surface area contributed by atoms with E-state index in [1.54, 1.807) is 13.0 Å². The van der Waals surface area contributed by atoms with Crippen LogP contribution in [0, 0.1) is 0 Å². The molecule has 3 aromatic carbocycles. The van der Waals surface area contributed by atoms with Crippen LogP contribution in [0.1, 0.15) is 42.5 Å². The van der Waals surface area contributed by atoms with Crippen LogP contribution in [0.5, 0.6) is 5.75 Å². The van der Waals surface area contributed by atoms with Crippen LogP contribution in [0.2, 0.25) is 5.02 Å². The van der Waals surface area contributed by atoms with Crippen LogP contribution in [-0.2, 0) is 40.3 Å². The third kappa shape index (κ3) is 9.39. The molecule has 0 aliphatic rings. The molecule has 0 spiro atoms. The van der Waals surface area contributed by atoms with Crippen molar-refractivity contribution in [2.45, 2.75) is 58.3 Å². The molecule has 0 saturated heterocycles. The Morgan fingerprint density at radius 2 is 1.45 bits per heavy atom. The van der Waals surface area contributed by atoms with E-state index in [1.165, 1.54) is 0 Å². The van der Waals surface area contributed by atoms with Gasteiger partial charge in [-0.25, -0.2) is 0 Å².